The summed E-state index contributed by atoms with van der Waals surface area (Å²) in [7, 11) is 1.57. The number of rotatable bonds is 5. The van der Waals surface area contributed by atoms with Crippen molar-refractivity contribution >= 4 is 39.1 Å². The van der Waals surface area contributed by atoms with Crippen molar-refractivity contribution in [1.82, 2.24) is 9.97 Å². The summed E-state index contributed by atoms with van der Waals surface area (Å²) in [4.78, 5) is 19.1. The molecule has 0 aliphatic heterocycles. The first-order valence-corrected chi connectivity index (χ1v) is 10.8. The van der Waals surface area contributed by atoms with E-state index in [1.54, 1.807) is 26.3 Å². The summed E-state index contributed by atoms with van der Waals surface area (Å²) in [5.74, 6) is -0.187. The van der Waals surface area contributed by atoms with Gasteiger partial charge in [-0.2, -0.15) is 4.98 Å². The normalized spacial score (nSPS) is 10.0. The predicted molar refractivity (Wildman–Crippen MR) is 125 cm³/mol. The first-order valence-electron chi connectivity index (χ1n) is 9.99. The molecule has 0 bridgehead atoms. The highest BCUT2D eigenvalue weighted by Gasteiger charge is 2.13. The van der Waals surface area contributed by atoms with Gasteiger partial charge in [-0.15, -0.1) is 0 Å². The van der Waals surface area contributed by atoms with Crippen molar-refractivity contribution in [3.05, 3.63) is 57.7 Å². The van der Waals surface area contributed by atoms with Crippen LogP contribution in [0.4, 0.5) is 14.5 Å². The second kappa shape index (κ2) is 12.9. The molecule has 1 aromatic carbocycles. The lowest BCUT2D eigenvalue weighted by molar-refractivity contribution is -0.105. The van der Waals surface area contributed by atoms with E-state index in [2.05, 4.69) is 45.1 Å². The van der Waals surface area contributed by atoms with E-state index in [1.165, 1.54) is 12.1 Å². The van der Waals surface area contributed by atoms with Crippen LogP contribution in [0.25, 0.3) is 11.0 Å². The molecule has 0 aliphatic rings. The Morgan fingerprint density at radius 3 is 2.29 bits per heavy atom. The second-order valence-electron chi connectivity index (χ2n) is 6.43. The zero-order valence-electron chi connectivity index (χ0n) is 18.6. The van der Waals surface area contributed by atoms with Gasteiger partial charge in [-0.1, -0.05) is 50.5 Å². The number of methoxy groups -OCH3 is 1. The van der Waals surface area contributed by atoms with Gasteiger partial charge in [0.15, 0.2) is 5.65 Å². The third-order valence-electron chi connectivity index (χ3n) is 4.21. The Labute approximate surface area is 190 Å². The van der Waals surface area contributed by atoms with Crippen molar-refractivity contribution in [1.29, 1.82) is 0 Å². The van der Waals surface area contributed by atoms with E-state index in [0.29, 0.717) is 28.8 Å². The smallest absolute Gasteiger partial charge is 0.215 e. The summed E-state index contributed by atoms with van der Waals surface area (Å²) >= 11 is 3.00. The molecule has 2 heterocycles. The maximum absolute atomic E-state index is 12.8. The molecule has 0 unspecified atom stereocenters. The largest absolute Gasteiger partial charge is 0.481 e. The van der Waals surface area contributed by atoms with Crippen molar-refractivity contribution in [2.45, 2.75) is 47.0 Å². The van der Waals surface area contributed by atoms with Crippen LogP contribution >= 0.6 is 15.9 Å². The number of nitrogens with zero attached hydrogens (tertiary/aromatic N) is 2. The number of amides is 1. The van der Waals surface area contributed by atoms with Crippen molar-refractivity contribution in [2.24, 2.45) is 0 Å². The highest BCUT2D eigenvalue weighted by Crippen LogP contribution is 2.31. The molecular weight excluding hydrogens is 468 g/mol. The summed E-state index contributed by atoms with van der Waals surface area (Å²) in [6.07, 6.45) is 2.66. The van der Waals surface area contributed by atoms with Gasteiger partial charge in [-0.3, -0.25) is 4.79 Å². The average Bonchev–Trinajstić information content (AvgIpc) is 2.74. The molecule has 5 nitrogen and oxygen atoms in total. The molecule has 31 heavy (non-hydrogen) atoms. The van der Waals surface area contributed by atoms with Crippen molar-refractivity contribution in [3.8, 4) is 5.88 Å². The number of hydrogen-bond donors (Lipinski definition) is 1. The molecule has 168 valence electrons. The highest BCUT2D eigenvalue weighted by atomic mass is 79.9. The van der Waals surface area contributed by atoms with Crippen LogP contribution < -0.4 is 10.1 Å². The molecule has 0 spiro atoms. The third kappa shape index (κ3) is 6.95. The molecule has 2 aromatic heterocycles. The minimum atomic E-state index is -0.487. The van der Waals surface area contributed by atoms with Gasteiger partial charge in [-0.25, -0.2) is 13.8 Å². The lowest BCUT2D eigenvalue weighted by Gasteiger charge is -2.14. The van der Waals surface area contributed by atoms with Gasteiger partial charge in [0.1, 0.15) is 11.6 Å². The Balaban J connectivity index is 0.000000317. The van der Waals surface area contributed by atoms with Gasteiger partial charge >= 0.3 is 0 Å². The molecule has 0 aliphatic carbocycles. The molecule has 1 N–H and O–H groups in total. The number of carbonyl (C=O) groups excluding carboxylic acids is 1. The van der Waals surface area contributed by atoms with Crippen LogP contribution in [0.5, 0.6) is 5.88 Å². The number of anilines is 1. The van der Waals surface area contributed by atoms with Crippen molar-refractivity contribution < 1.29 is 18.3 Å². The van der Waals surface area contributed by atoms with Crippen LogP contribution in [0.3, 0.4) is 0 Å². The molecule has 0 radical (unpaired) electrons. The summed E-state index contributed by atoms with van der Waals surface area (Å²) in [6.45, 7) is 9.85. The molecule has 3 aromatic rings. The molecule has 0 atom stereocenters. The fraction of sp³-hybridized carbons (Fsp3) is 0.348. The Morgan fingerprint density at radius 2 is 1.81 bits per heavy atom. The first-order chi connectivity index (χ1) is 14.8. The highest BCUT2D eigenvalue weighted by molar-refractivity contribution is 9.10. The Kier molecular flexibility index (Phi) is 11.0. The van der Waals surface area contributed by atoms with E-state index < -0.39 is 11.6 Å². The monoisotopic (exact) mass is 495 g/mol. The van der Waals surface area contributed by atoms with E-state index in [4.69, 9.17) is 4.74 Å². The maximum Gasteiger partial charge on any atom is 0.215 e. The number of aromatic nitrogens is 2. The van der Waals surface area contributed by atoms with Gasteiger partial charge in [0.2, 0.25) is 12.3 Å². The second-order valence-corrected chi connectivity index (χ2v) is 7.34. The van der Waals surface area contributed by atoms with E-state index in [0.717, 1.165) is 16.6 Å². The minimum Gasteiger partial charge on any atom is -0.481 e. The van der Waals surface area contributed by atoms with Gasteiger partial charge in [0.05, 0.1) is 19.0 Å². The number of halogens is 3. The Hall–Kier alpha value is -2.61. The Morgan fingerprint density at radius 1 is 1.19 bits per heavy atom. The number of fused-ring (bicyclic) bond motifs is 1. The molecule has 0 saturated heterocycles. The number of ether oxygens (including phenoxy) is 1. The van der Waals surface area contributed by atoms with Crippen LogP contribution in [0, 0.1) is 11.6 Å². The Bertz CT molecular complexity index is 991. The number of hydrogen-bond acceptors (Lipinski definition) is 4. The third-order valence-corrected chi connectivity index (χ3v) is 4.66. The summed E-state index contributed by atoms with van der Waals surface area (Å²) in [5, 5.41) is 3.60. The standard InChI is InChI=1S/C13H15N3O2.C8H7BrF2.C2H6/c1-8(2)12-9-4-5-11(18-3)16-13(9)14-6-10(12)15-7-17;1-2-6-7(10)3-5(9)4-8(6)11;1-2/h4-8H,1-3H3,(H,15,17);3-4H,2H2,1H3;1-2H3. The minimum absolute atomic E-state index is 0.146. The fourth-order valence-electron chi connectivity index (χ4n) is 2.90. The first kappa shape index (κ1) is 26.4. The molecule has 3 rings (SSSR count). The predicted octanol–water partition coefficient (Wildman–Crippen LogP) is 6.65. The van der Waals surface area contributed by atoms with Gasteiger partial charge in [0.25, 0.3) is 0 Å². The van der Waals surface area contributed by atoms with Crippen LogP contribution in [-0.2, 0) is 11.2 Å². The topological polar surface area (TPSA) is 64.1 Å². The number of nitrogens with one attached hydrogen (secondary N) is 1. The zero-order chi connectivity index (χ0) is 23.6. The SMILES string of the molecule is CC.CCc1c(F)cc(Br)cc1F.COc1ccc2c(C(C)C)c(NC=O)cnc2n1. The van der Waals surface area contributed by atoms with E-state index in [1.807, 2.05) is 19.9 Å². The summed E-state index contributed by atoms with van der Waals surface area (Å²) in [6, 6.07) is 6.24. The van der Waals surface area contributed by atoms with Crippen LogP contribution in [-0.4, -0.2) is 23.5 Å². The van der Waals surface area contributed by atoms with Gasteiger partial charge < -0.3 is 10.1 Å². The number of benzene rings is 1. The average molecular weight is 496 g/mol. The van der Waals surface area contributed by atoms with Crippen LogP contribution in [0.2, 0.25) is 0 Å². The van der Waals surface area contributed by atoms with Gasteiger partial charge in [0, 0.05) is 21.5 Å². The van der Waals surface area contributed by atoms with E-state index in [-0.39, 0.29) is 11.5 Å². The molecule has 8 heteroatoms. The molecule has 0 saturated carbocycles. The number of pyridine rings is 2. The van der Waals surface area contributed by atoms with E-state index >= 15 is 0 Å². The number of carbonyl (C=O) groups is 1. The maximum atomic E-state index is 12.8. The lowest BCUT2D eigenvalue weighted by Crippen LogP contribution is -2.03. The van der Waals surface area contributed by atoms with E-state index in [9.17, 15) is 13.6 Å². The fourth-order valence-corrected chi connectivity index (χ4v) is 3.31. The van der Waals surface area contributed by atoms with Crippen LogP contribution in [0.1, 0.15) is 51.7 Å². The quantitative estimate of drug-likeness (QED) is 0.402. The van der Waals surface area contributed by atoms with Crippen molar-refractivity contribution in [2.75, 3.05) is 12.4 Å². The summed E-state index contributed by atoms with van der Waals surface area (Å²) < 4.78 is 31.2. The van der Waals surface area contributed by atoms with Gasteiger partial charge in [-0.05, 0) is 36.1 Å². The zero-order valence-corrected chi connectivity index (χ0v) is 20.2. The van der Waals surface area contributed by atoms with Crippen LogP contribution in [0.15, 0.2) is 34.9 Å². The molecule has 1 amide bonds. The molecule has 0 fully saturated rings. The lowest BCUT2D eigenvalue weighted by atomic mass is 9.98. The molecular formula is C23H28BrF2N3O2. The van der Waals surface area contributed by atoms with Crippen molar-refractivity contribution in [3.63, 3.8) is 0 Å². The summed E-state index contributed by atoms with van der Waals surface area (Å²) in [5.41, 5.74) is 2.52.